The summed E-state index contributed by atoms with van der Waals surface area (Å²) in [7, 11) is 3.33. The number of aryl methyl sites for hydroxylation is 1. The highest BCUT2D eigenvalue weighted by molar-refractivity contribution is 5.62. The second-order valence-electron chi connectivity index (χ2n) is 3.72. The summed E-state index contributed by atoms with van der Waals surface area (Å²) < 4.78 is 7.99. The molecule has 0 aliphatic carbocycles. The molecule has 0 spiro atoms. The Hall–Kier alpha value is -2.23. The normalized spacial score (nSPS) is 10.0. The highest BCUT2D eigenvalue weighted by Gasteiger charge is 2.13. The van der Waals surface area contributed by atoms with Gasteiger partial charge in [-0.3, -0.25) is 0 Å². The summed E-state index contributed by atoms with van der Waals surface area (Å²) in [5.41, 5.74) is 2.17. The molecule has 4 heteroatoms. The third-order valence-electron chi connectivity index (χ3n) is 2.53. The lowest BCUT2D eigenvalue weighted by Gasteiger charge is -1.98. The topological polar surface area (TPSA) is 34.1 Å². The minimum Gasteiger partial charge on any atom is -0.415 e. The van der Waals surface area contributed by atoms with Gasteiger partial charge >= 0.3 is 6.09 Å². The average molecular weight is 230 g/mol. The number of pyridine rings is 2. The summed E-state index contributed by atoms with van der Waals surface area (Å²) in [6, 6.07) is 7.81. The van der Waals surface area contributed by atoms with Crippen LogP contribution in [0.2, 0.25) is 0 Å². The average Bonchev–Trinajstić information content (AvgIpc) is 2.39. The predicted molar refractivity (Wildman–Crippen MR) is 61.1 cm³/mol. The standard InChI is InChI=1S/C13H14N2O2/c1-14-7-3-11(4-8-14)12-5-9-15(10-6-12)13(16)17-2/h3-10H,1-2H3/q+2. The van der Waals surface area contributed by atoms with Gasteiger partial charge in [-0.25, -0.2) is 4.57 Å². The molecule has 2 heterocycles. The molecular formula is C13H14N2O2+2. The van der Waals surface area contributed by atoms with Crippen molar-refractivity contribution in [2.75, 3.05) is 7.11 Å². The van der Waals surface area contributed by atoms with Gasteiger partial charge in [0.1, 0.15) is 7.05 Å². The molecule has 0 aliphatic heterocycles. The number of nitrogens with zero attached hydrogens (tertiary/aromatic N) is 2. The van der Waals surface area contributed by atoms with E-state index in [0.717, 1.165) is 11.1 Å². The Morgan fingerprint density at radius 3 is 1.94 bits per heavy atom. The van der Waals surface area contributed by atoms with Crippen molar-refractivity contribution in [3.05, 3.63) is 49.1 Å². The second-order valence-corrected chi connectivity index (χ2v) is 3.72. The molecule has 2 aromatic rings. The van der Waals surface area contributed by atoms with Crippen LogP contribution >= 0.6 is 0 Å². The van der Waals surface area contributed by atoms with Gasteiger partial charge in [0.25, 0.3) is 0 Å². The third kappa shape index (κ3) is 2.47. The first-order chi connectivity index (χ1) is 8.20. The first-order valence-corrected chi connectivity index (χ1v) is 5.26. The maximum absolute atomic E-state index is 11.2. The fraction of sp³-hybridized carbons (Fsp3) is 0.154. The van der Waals surface area contributed by atoms with E-state index < -0.39 is 6.09 Å². The maximum Gasteiger partial charge on any atom is 0.601 e. The number of carbonyl (C=O) groups is 1. The fourth-order valence-electron chi connectivity index (χ4n) is 1.54. The van der Waals surface area contributed by atoms with Crippen LogP contribution in [0, 0.1) is 0 Å². The molecule has 0 N–H and O–H groups in total. The zero-order valence-corrected chi connectivity index (χ0v) is 9.83. The molecule has 0 saturated heterocycles. The number of hydrogen-bond donors (Lipinski definition) is 0. The first-order valence-electron chi connectivity index (χ1n) is 5.26. The molecule has 0 atom stereocenters. The van der Waals surface area contributed by atoms with Crippen molar-refractivity contribution < 1.29 is 18.7 Å². The lowest BCUT2D eigenvalue weighted by molar-refractivity contribution is -0.671. The van der Waals surface area contributed by atoms with Crippen LogP contribution in [-0.2, 0) is 11.8 Å². The van der Waals surface area contributed by atoms with E-state index in [0.29, 0.717) is 0 Å². The Bertz CT molecular complexity index is 518. The molecule has 0 aromatic carbocycles. The van der Waals surface area contributed by atoms with Crippen LogP contribution in [0.4, 0.5) is 4.79 Å². The summed E-state index contributed by atoms with van der Waals surface area (Å²) >= 11 is 0. The van der Waals surface area contributed by atoms with E-state index in [2.05, 4.69) is 4.74 Å². The van der Waals surface area contributed by atoms with Crippen LogP contribution in [0.15, 0.2) is 49.1 Å². The molecule has 2 aromatic heterocycles. The van der Waals surface area contributed by atoms with Crippen molar-refractivity contribution in [3.8, 4) is 11.1 Å². The lowest BCUT2D eigenvalue weighted by Crippen LogP contribution is -2.41. The second kappa shape index (κ2) is 4.74. The predicted octanol–water partition coefficient (Wildman–Crippen LogP) is 1.08. The molecular weight excluding hydrogens is 216 g/mol. The smallest absolute Gasteiger partial charge is 0.415 e. The highest BCUT2D eigenvalue weighted by atomic mass is 16.5. The Kier molecular flexibility index (Phi) is 3.14. The van der Waals surface area contributed by atoms with Crippen LogP contribution < -0.4 is 9.13 Å². The van der Waals surface area contributed by atoms with Crippen LogP contribution in [0.5, 0.6) is 0 Å². The monoisotopic (exact) mass is 230 g/mol. The van der Waals surface area contributed by atoms with Crippen LogP contribution in [-0.4, -0.2) is 13.2 Å². The van der Waals surface area contributed by atoms with Gasteiger partial charge in [-0.1, -0.05) is 4.57 Å². The molecule has 17 heavy (non-hydrogen) atoms. The number of aromatic nitrogens is 2. The fourth-order valence-corrected chi connectivity index (χ4v) is 1.54. The number of rotatable bonds is 1. The van der Waals surface area contributed by atoms with E-state index in [-0.39, 0.29) is 0 Å². The molecule has 0 fully saturated rings. The zero-order chi connectivity index (χ0) is 12.3. The summed E-state index contributed by atoms with van der Waals surface area (Å²) in [6.45, 7) is 0. The van der Waals surface area contributed by atoms with Crippen molar-refractivity contribution in [1.82, 2.24) is 0 Å². The molecule has 86 valence electrons. The van der Waals surface area contributed by atoms with Gasteiger partial charge in [-0.15, -0.1) is 0 Å². The van der Waals surface area contributed by atoms with E-state index in [1.165, 1.54) is 11.7 Å². The number of hydrogen-bond acceptors (Lipinski definition) is 2. The molecule has 0 aliphatic rings. The molecule has 0 radical (unpaired) electrons. The summed E-state index contributed by atoms with van der Waals surface area (Å²) in [6.07, 6.45) is 6.95. The minimum atomic E-state index is -0.393. The molecule has 0 amide bonds. The van der Waals surface area contributed by atoms with E-state index >= 15 is 0 Å². The van der Waals surface area contributed by atoms with Crippen molar-refractivity contribution in [1.29, 1.82) is 0 Å². The van der Waals surface area contributed by atoms with Gasteiger partial charge in [0.2, 0.25) is 0 Å². The van der Waals surface area contributed by atoms with E-state index in [4.69, 9.17) is 0 Å². The van der Waals surface area contributed by atoms with Crippen LogP contribution in [0.3, 0.4) is 0 Å². The van der Waals surface area contributed by atoms with Gasteiger partial charge < -0.3 is 4.74 Å². The van der Waals surface area contributed by atoms with Crippen molar-refractivity contribution in [3.63, 3.8) is 0 Å². The highest BCUT2D eigenvalue weighted by Crippen LogP contribution is 2.15. The number of methoxy groups -OCH3 is 1. The van der Waals surface area contributed by atoms with Crippen molar-refractivity contribution in [2.24, 2.45) is 7.05 Å². The van der Waals surface area contributed by atoms with Gasteiger partial charge in [-0.2, -0.15) is 4.79 Å². The number of carbonyl (C=O) groups excluding carboxylic acids is 1. The van der Waals surface area contributed by atoms with Crippen molar-refractivity contribution in [2.45, 2.75) is 0 Å². The first kappa shape index (κ1) is 11.3. The molecule has 2 rings (SSSR count). The Morgan fingerprint density at radius 1 is 1.00 bits per heavy atom. The zero-order valence-electron chi connectivity index (χ0n) is 9.83. The van der Waals surface area contributed by atoms with Gasteiger partial charge in [0.05, 0.1) is 7.11 Å². The van der Waals surface area contributed by atoms with Crippen LogP contribution in [0.1, 0.15) is 0 Å². The SMILES string of the molecule is COC(=O)[n+]1ccc(-c2cc[n+](C)cc2)cc1. The van der Waals surface area contributed by atoms with E-state index in [1.807, 2.05) is 48.3 Å². The summed E-state index contributed by atoms with van der Waals surface area (Å²) in [5, 5.41) is 0. The molecule has 0 unspecified atom stereocenters. The minimum absolute atomic E-state index is 0.393. The molecule has 0 saturated carbocycles. The van der Waals surface area contributed by atoms with Crippen LogP contribution in [0.25, 0.3) is 11.1 Å². The Balaban J connectivity index is 2.29. The van der Waals surface area contributed by atoms with Gasteiger partial charge in [-0.05, 0) is 11.1 Å². The quantitative estimate of drug-likeness (QED) is 0.687. The molecule has 4 nitrogen and oxygen atoms in total. The third-order valence-corrected chi connectivity index (χ3v) is 2.53. The lowest BCUT2D eigenvalue weighted by atomic mass is 10.1. The largest absolute Gasteiger partial charge is 0.601 e. The summed E-state index contributed by atoms with van der Waals surface area (Å²) in [4.78, 5) is 11.2. The van der Waals surface area contributed by atoms with Gasteiger partial charge in [0, 0.05) is 24.3 Å². The van der Waals surface area contributed by atoms with Crippen molar-refractivity contribution >= 4 is 6.09 Å². The van der Waals surface area contributed by atoms with Gasteiger partial charge in [0.15, 0.2) is 24.8 Å². The summed E-state index contributed by atoms with van der Waals surface area (Å²) in [5.74, 6) is 0. The van der Waals surface area contributed by atoms with E-state index in [9.17, 15) is 4.79 Å². The Morgan fingerprint density at radius 2 is 1.47 bits per heavy atom. The maximum atomic E-state index is 11.2. The number of ether oxygens (including phenoxy) is 1. The molecule has 0 bridgehead atoms. The van der Waals surface area contributed by atoms with E-state index in [1.54, 1.807) is 12.4 Å². The Labute approximate surface area is 99.7 Å².